The highest BCUT2D eigenvalue weighted by atomic mass is 19.4. The number of Topliss-reactive ketones (excluding diaryl/α,β-unsaturated/α-hetero) is 1. The molecule has 0 aliphatic carbocycles. The maximum Gasteiger partial charge on any atom is 0.450 e. The molecule has 8 heteroatoms. The van der Waals surface area contributed by atoms with Crippen molar-refractivity contribution >= 4 is 17.4 Å². The summed E-state index contributed by atoms with van der Waals surface area (Å²) in [6.45, 7) is 1.18. The fraction of sp³-hybridized carbons (Fsp3) is 0.250. The van der Waals surface area contributed by atoms with Crippen LogP contribution in [0.1, 0.15) is 23.7 Å². The number of ketones is 1. The van der Waals surface area contributed by atoms with E-state index in [-0.39, 0.29) is 11.3 Å². The fourth-order valence-corrected chi connectivity index (χ4v) is 1.18. The summed E-state index contributed by atoms with van der Waals surface area (Å²) in [4.78, 5) is 22.2. The normalized spacial score (nSPS) is 12.2. The van der Waals surface area contributed by atoms with Crippen LogP contribution in [0.3, 0.4) is 0 Å². The second kappa shape index (κ2) is 6.27. The van der Waals surface area contributed by atoms with Gasteiger partial charge >= 0.3 is 6.18 Å². The Hall–Kier alpha value is -2.25. The number of hydrogen-bond acceptors (Lipinski definition) is 3. The molecule has 0 saturated heterocycles. The quantitative estimate of drug-likeness (QED) is 0.526. The number of carbonyl (C=O) groups excluding carboxylic acids is 2. The molecule has 0 aromatic heterocycles. The van der Waals surface area contributed by atoms with E-state index in [4.69, 9.17) is 0 Å². The highest BCUT2D eigenvalue weighted by Gasteiger charge is 2.37. The third-order valence-corrected chi connectivity index (χ3v) is 2.19. The molecule has 0 radical (unpaired) electrons. The third kappa shape index (κ3) is 4.79. The van der Waals surface area contributed by atoms with E-state index in [0.717, 1.165) is 12.1 Å². The van der Waals surface area contributed by atoms with Crippen LogP contribution in [-0.4, -0.2) is 23.6 Å². The van der Waals surface area contributed by atoms with Gasteiger partial charge in [0.15, 0.2) is 0 Å². The highest BCUT2D eigenvalue weighted by Crippen LogP contribution is 2.17. The first-order valence-corrected chi connectivity index (χ1v) is 5.39. The number of rotatable bonds is 4. The molecule has 1 amide bonds. The smallest absolute Gasteiger partial charge is 0.289 e. The molecular weight excluding hydrogens is 280 g/mol. The standard InChI is InChI=1S/C12H10F4N2O2/c1-7(6-10(19)12(14,15)16)17-18-11(20)8-2-4-9(13)5-3-8/h2-5H,6H2,1H3,(H,18,20)/b17-7+. The zero-order valence-corrected chi connectivity index (χ0v) is 10.3. The minimum absolute atomic E-state index is 0.0881. The monoisotopic (exact) mass is 290 g/mol. The molecule has 4 nitrogen and oxygen atoms in total. The van der Waals surface area contributed by atoms with Crippen molar-refractivity contribution < 1.29 is 27.2 Å². The Morgan fingerprint density at radius 2 is 1.75 bits per heavy atom. The zero-order valence-electron chi connectivity index (χ0n) is 10.3. The lowest BCUT2D eigenvalue weighted by atomic mass is 10.2. The van der Waals surface area contributed by atoms with Crippen LogP contribution in [0.15, 0.2) is 29.4 Å². The van der Waals surface area contributed by atoms with Gasteiger partial charge < -0.3 is 0 Å². The summed E-state index contributed by atoms with van der Waals surface area (Å²) in [6.07, 6.45) is -5.87. The largest absolute Gasteiger partial charge is 0.450 e. The molecule has 0 atom stereocenters. The van der Waals surface area contributed by atoms with Gasteiger partial charge in [0.05, 0.1) is 6.42 Å². The molecule has 1 rings (SSSR count). The molecule has 0 saturated carbocycles. The highest BCUT2D eigenvalue weighted by molar-refractivity contribution is 6.03. The SMILES string of the molecule is C/C(CC(=O)C(F)(F)F)=N\NC(=O)c1ccc(F)cc1. The van der Waals surface area contributed by atoms with Crippen LogP contribution in [0.25, 0.3) is 0 Å². The molecule has 0 aliphatic rings. The van der Waals surface area contributed by atoms with Gasteiger partial charge in [-0.1, -0.05) is 0 Å². The predicted molar refractivity (Wildman–Crippen MR) is 62.7 cm³/mol. The van der Waals surface area contributed by atoms with Gasteiger partial charge in [-0.2, -0.15) is 18.3 Å². The second-order valence-electron chi connectivity index (χ2n) is 3.89. The van der Waals surface area contributed by atoms with Crippen LogP contribution >= 0.6 is 0 Å². The maximum atomic E-state index is 12.6. The van der Waals surface area contributed by atoms with Crippen molar-refractivity contribution in [2.45, 2.75) is 19.5 Å². The van der Waals surface area contributed by atoms with E-state index in [9.17, 15) is 27.2 Å². The first-order valence-electron chi connectivity index (χ1n) is 5.39. The molecule has 0 spiro atoms. The lowest BCUT2D eigenvalue weighted by molar-refractivity contribution is -0.169. The number of halogens is 4. The van der Waals surface area contributed by atoms with Crippen molar-refractivity contribution in [3.63, 3.8) is 0 Å². The molecule has 0 bridgehead atoms. The van der Waals surface area contributed by atoms with E-state index in [2.05, 4.69) is 5.10 Å². The van der Waals surface area contributed by atoms with Crippen LogP contribution in [0.4, 0.5) is 17.6 Å². The Labute approximate surface area is 111 Å². The minimum atomic E-state index is -4.93. The molecule has 1 aromatic carbocycles. The molecule has 1 N–H and O–H groups in total. The van der Waals surface area contributed by atoms with E-state index >= 15 is 0 Å². The van der Waals surface area contributed by atoms with Crippen LogP contribution in [0.2, 0.25) is 0 Å². The lowest BCUT2D eigenvalue weighted by Crippen LogP contribution is -2.26. The van der Waals surface area contributed by atoms with Gasteiger partial charge in [0.25, 0.3) is 5.91 Å². The molecule has 0 aliphatic heterocycles. The van der Waals surface area contributed by atoms with E-state index in [1.54, 1.807) is 0 Å². The van der Waals surface area contributed by atoms with Crippen LogP contribution in [0, 0.1) is 5.82 Å². The summed E-state index contributed by atoms with van der Waals surface area (Å²) >= 11 is 0. The van der Waals surface area contributed by atoms with E-state index in [0.29, 0.717) is 0 Å². The number of hydrazone groups is 1. The number of carbonyl (C=O) groups is 2. The number of hydrogen-bond donors (Lipinski definition) is 1. The third-order valence-electron chi connectivity index (χ3n) is 2.19. The first kappa shape index (κ1) is 15.8. The van der Waals surface area contributed by atoms with E-state index in [1.807, 2.05) is 5.43 Å². The average molecular weight is 290 g/mol. The summed E-state index contributed by atoms with van der Waals surface area (Å²) in [6, 6.07) is 4.49. The van der Waals surface area contributed by atoms with Gasteiger partial charge in [0.1, 0.15) is 5.82 Å². The molecular formula is C12H10F4N2O2. The Balaban J connectivity index is 2.61. The van der Waals surface area contributed by atoms with Crippen molar-refractivity contribution in [3.8, 4) is 0 Å². The van der Waals surface area contributed by atoms with E-state index in [1.165, 1.54) is 19.1 Å². The van der Waals surface area contributed by atoms with Gasteiger partial charge in [0.2, 0.25) is 5.78 Å². The Kier molecular flexibility index (Phi) is 4.95. The Morgan fingerprint density at radius 3 is 2.25 bits per heavy atom. The van der Waals surface area contributed by atoms with Gasteiger partial charge in [-0.15, -0.1) is 0 Å². The summed E-state index contributed by atoms with van der Waals surface area (Å²) in [5, 5.41) is 3.38. The summed E-state index contributed by atoms with van der Waals surface area (Å²) in [7, 11) is 0. The number of benzene rings is 1. The summed E-state index contributed by atoms with van der Waals surface area (Å²) < 4.78 is 48.6. The van der Waals surface area contributed by atoms with Crippen molar-refractivity contribution in [2.75, 3.05) is 0 Å². The molecule has 20 heavy (non-hydrogen) atoms. The number of nitrogens with zero attached hydrogens (tertiary/aromatic N) is 1. The Morgan fingerprint density at radius 1 is 1.20 bits per heavy atom. The molecule has 0 fully saturated rings. The van der Waals surface area contributed by atoms with Crippen molar-refractivity contribution in [1.82, 2.24) is 5.43 Å². The van der Waals surface area contributed by atoms with Crippen LogP contribution in [0.5, 0.6) is 0 Å². The minimum Gasteiger partial charge on any atom is -0.289 e. The molecule has 0 heterocycles. The van der Waals surface area contributed by atoms with Gasteiger partial charge in [0, 0.05) is 11.3 Å². The second-order valence-corrected chi connectivity index (χ2v) is 3.89. The van der Waals surface area contributed by atoms with E-state index < -0.39 is 30.1 Å². The van der Waals surface area contributed by atoms with Crippen molar-refractivity contribution in [1.29, 1.82) is 0 Å². The number of amides is 1. The number of nitrogens with one attached hydrogen (secondary N) is 1. The molecule has 1 aromatic rings. The maximum absolute atomic E-state index is 12.6. The van der Waals surface area contributed by atoms with Gasteiger partial charge in [-0.05, 0) is 31.2 Å². The first-order chi connectivity index (χ1) is 9.20. The predicted octanol–water partition coefficient (Wildman–Crippen LogP) is 2.45. The topological polar surface area (TPSA) is 58.5 Å². The Bertz CT molecular complexity index is 535. The van der Waals surface area contributed by atoms with Crippen molar-refractivity contribution in [3.05, 3.63) is 35.6 Å². The van der Waals surface area contributed by atoms with Gasteiger partial charge in [-0.25, -0.2) is 9.82 Å². The van der Waals surface area contributed by atoms with Crippen molar-refractivity contribution in [2.24, 2.45) is 5.10 Å². The van der Waals surface area contributed by atoms with Gasteiger partial charge in [-0.3, -0.25) is 9.59 Å². The summed E-state index contributed by atoms with van der Waals surface area (Å²) in [5.41, 5.74) is 1.88. The zero-order chi connectivity index (χ0) is 15.3. The lowest BCUT2D eigenvalue weighted by Gasteiger charge is -2.05. The number of alkyl halides is 3. The van der Waals surface area contributed by atoms with Crippen LogP contribution in [-0.2, 0) is 4.79 Å². The molecule has 0 unspecified atom stereocenters. The summed E-state index contributed by atoms with van der Waals surface area (Å²) in [5.74, 6) is -3.20. The molecule has 108 valence electrons. The average Bonchev–Trinajstić information content (AvgIpc) is 2.35. The van der Waals surface area contributed by atoms with Crippen LogP contribution < -0.4 is 5.43 Å². The fourth-order valence-electron chi connectivity index (χ4n) is 1.18.